The molecule has 0 aliphatic rings. The summed E-state index contributed by atoms with van der Waals surface area (Å²) >= 11 is 0. The summed E-state index contributed by atoms with van der Waals surface area (Å²) in [6, 6.07) is 2.07. The highest BCUT2D eigenvalue weighted by Crippen LogP contribution is 2.34. The Bertz CT molecular complexity index is 1700. The molecule has 4 aromatic rings. The van der Waals surface area contributed by atoms with Crippen LogP contribution in [0.2, 0.25) is 0 Å². The molecule has 3 heterocycles. The van der Waals surface area contributed by atoms with Gasteiger partial charge >= 0.3 is 12.4 Å². The minimum absolute atomic E-state index is 0.183. The number of alkyl halides is 7. The number of halogens is 9. The van der Waals surface area contributed by atoms with E-state index in [9.17, 15) is 49.1 Å². The Morgan fingerprint density at radius 2 is 1.66 bits per heavy atom. The second-order valence-electron chi connectivity index (χ2n) is 8.78. The molecule has 0 radical (unpaired) electrons. The van der Waals surface area contributed by atoms with Crippen molar-refractivity contribution in [3.05, 3.63) is 80.4 Å². The molecule has 0 aliphatic carbocycles. The van der Waals surface area contributed by atoms with Crippen LogP contribution in [0.5, 0.6) is 5.75 Å². The summed E-state index contributed by atoms with van der Waals surface area (Å²) in [4.78, 5) is 31.2. The molecular weight excluding hydrogens is 577 g/mol. The largest absolute Gasteiger partial charge is 0.488 e. The van der Waals surface area contributed by atoms with Gasteiger partial charge < -0.3 is 9.30 Å². The van der Waals surface area contributed by atoms with Gasteiger partial charge in [0, 0.05) is 25.0 Å². The molecule has 2 atom stereocenters. The van der Waals surface area contributed by atoms with Gasteiger partial charge in [0.05, 0.1) is 35.4 Å². The average molecular weight is 593 g/mol. The number of benzene rings is 1. The second-order valence-corrected chi connectivity index (χ2v) is 8.78. The molecule has 0 spiro atoms. The molecule has 0 aliphatic heterocycles. The third-order valence-electron chi connectivity index (χ3n) is 5.78. The number of hydrogen-bond acceptors (Lipinski definition) is 6. The van der Waals surface area contributed by atoms with Crippen LogP contribution < -0.4 is 15.9 Å². The SMILES string of the molecule is C[C@H](C[C@H](F)Cn1ccc2cc(-c3ncc(C(F)(F)F)cn3)c(F)c(F)c2c1=O)Oc1cn[nH]c(=O)c1C(F)(F)F. The highest BCUT2D eigenvalue weighted by molar-refractivity contribution is 5.86. The molecule has 0 saturated carbocycles. The number of fused-ring (bicyclic) bond motifs is 1. The van der Waals surface area contributed by atoms with E-state index in [-0.39, 0.29) is 5.39 Å². The molecular formula is C24H16F9N5O3. The molecule has 1 aromatic carbocycles. The lowest BCUT2D eigenvalue weighted by Gasteiger charge is -2.19. The standard InChI is InChI=1S/C24H16F9N5O3/c1-10(41-15-8-36-37-21(39)17(15)24(31,32)33)4-13(25)9-38-3-2-11-5-14(18(26)19(27)16(11)22(38)40)20-34-6-12(7-35-20)23(28,29)30/h2-3,5-8,10,13H,4,9H2,1H3,(H,37,39)/t10-,13+/m1/s1. The van der Waals surface area contributed by atoms with Crippen LogP contribution in [-0.2, 0) is 18.9 Å². The summed E-state index contributed by atoms with van der Waals surface area (Å²) in [6.45, 7) is 0.476. The van der Waals surface area contributed by atoms with E-state index >= 15 is 0 Å². The van der Waals surface area contributed by atoms with Crippen LogP contribution in [0.15, 0.2) is 46.5 Å². The molecule has 0 amide bonds. The molecule has 1 N–H and O–H groups in total. The Hall–Kier alpha value is -4.44. The first-order valence-electron chi connectivity index (χ1n) is 11.4. The lowest BCUT2D eigenvalue weighted by atomic mass is 10.1. The molecule has 4 rings (SSSR count). The molecule has 17 heteroatoms. The Balaban J connectivity index is 1.56. The summed E-state index contributed by atoms with van der Waals surface area (Å²) in [7, 11) is 0. The van der Waals surface area contributed by atoms with Crippen molar-refractivity contribution in [2.75, 3.05) is 0 Å². The molecule has 0 bridgehead atoms. The number of nitrogens with zero attached hydrogens (tertiary/aromatic N) is 4. The summed E-state index contributed by atoms with van der Waals surface area (Å²) in [5.41, 5.74) is -6.24. The van der Waals surface area contributed by atoms with Crippen molar-refractivity contribution in [2.24, 2.45) is 0 Å². The summed E-state index contributed by atoms with van der Waals surface area (Å²) in [5.74, 6) is -4.82. The Morgan fingerprint density at radius 1 is 1.00 bits per heavy atom. The third-order valence-corrected chi connectivity index (χ3v) is 5.78. The summed E-state index contributed by atoms with van der Waals surface area (Å²) in [6.07, 6.45) is -11.2. The fourth-order valence-electron chi connectivity index (χ4n) is 3.95. The number of aromatic nitrogens is 5. The van der Waals surface area contributed by atoms with E-state index in [0.29, 0.717) is 23.2 Å². The van der Waals surface area contributed by atoms with Crippen molar-refractivity contribution >= 4 is 10.8 Å². The lowest BCUT2D eigenvalue weighted by molar-refractivity contribution is -0.140. The van der Waals surface area contributed by atoms with Gasteiger partial charge in [0.1, 0.15) is 6.17 Å². The van der Waals surface area contributed by atoms with Crippen LogP contribution in [-0.4, -0.2) is 37.0 Å². The second kappa shape index (κ2) is 10.9. The number of aromatic amines is 1. The van der Waals surface area contributed by atoms with Crippen LogP contribution in [0, 0.1) is 11.6 Å². The molecule has 8 nitrogen and oxygen atoms in total. The zero-order chi connectivity index (χ0) is 30.3. The van der Waals surface area contributed by atoms with E-state index < -0.39 is 94.0 Å². The van der Waals surface area contributed by atoms with Crippen molar-refractivity contribution in [2.45, 2.75) is 44.5 Å². The molecule has 0 fully saturated rings. The maximum Gasteiger partial charge on any atom is 0.425 e. The highest BCUT2D eigenvalue weighted by atomic mass is 19.4. The van der Waals surface area contributed by atoms with Gasteiger partial charge in [-0.2, -0.15) is 31.4 Å². The smallest absolute Gasteiger partial charge is 0.425 e. The van der Waals surface area contributed by atoms with E-state index in [1.807, 2.05) is 0 Å². The number of ether oxygens (including phenoxy) is 1. The van der Waals surface area contributed by atoms with Gasteiger partial charge in [-0.15, -0.1) is 0 Å². The van der Waals surface area contributed by atoms with Crippen molar-refractivity contribution in [1.82, 2.24) is 24.7 Å². The van der Waals surface area contributed by atoms with Crippen LogP contribution in [0.4, 0.5) is 39.5 Å². The number of rotatable bonds is 7. The topological polar surface area (TPSA) is 103 Å². The number of pyridine rings is 1. The lowest BCUT2D eigenvalue weighted by Crippen LogP contribution is -2.29. The minimum Gasteiger partial charge on any atom is -0.488 e. The molecule has 218 valence electrons. The maximum absolute atomic E-state index is 14.9. The van der Waals surface area contributed by atoms with Gasteiger partial charge in [-0.25, -0.2) is 28.2 Å². The van der Waals surface area contributed by atoms with Crippen LogP contribution in [0.1, 0.15) is 24.5 Å². The zero-order valence-corrected chi connectivity index (χ0v) is 20.4. The quantitative estimate of drug-likeness (QED) is 0.301. The normalized spacial score (nSPS) is 13.8. The van der Waals surface area contributed by atoms with Gasteiger partial charge in [-0.05, 0) is 24.4 Å². The minimum atomic E-state index is -5.09. The fraction of sp³-hybridized carbons (Fsp3) is 0.292. The fourth-order valence-corrected chi connectivity index (χ4v) is 3.95. The van der Waals surface area contributed by atoms with E-state index in [1.165, 1.54) is 6.92 Å². The van der Waals surface area contributed by atoms with E-state index in [1.54, 1.807) is 5.10 Å². The predicted molar refractivity (Wildman–Crippen MR) is 124 cm³/mol. The monoisotopic (exact) mass is 593 g/mol. The third kappa shape index (κ3) is 6.17. The van der Waals surface area contributed by atoms with Crippen molar-refractivity contribution < 1.29 is 44.3 Å². The maximum atomic E-state index is 14.9. The van der Waals surface area contributed by atoms with Gasteiger partial charge in [0.2, 0.25) is 0 Å². The number of nitrogens with one attached hydrogen (secondary N) is 1. The Kier molecular flexibility index (Phi) is 7.82. The van der Waals surface area contributed by atoms with E-state index in [2.05, 4.69) is 15.1 Å². The van der Waals surface area contributed by atoms with Crippen molar-refractivity contribution in [3.63, 3.8) is 0 Å². The number of hydrogen-bond donors (Lipinski definition) is 1. The predicted octanol–water partition coefficient (Wildman–Crippen LogP) is 5.05. The zero-order valence-electron chi connectivity index (χ0n) is 20.4. The molecule has 3 aromatic heterocycles. The first-order chi connectivity index (χ1) is 19.1. The van der Waals surface area contributed by atoms with Gasteiger partial charge in [0.25, 0.3) is 11.1 Å². The summed E-state index contributed by atoms with van der Waals surface area (Å²) < 4.78 is 128. The van der Waals surface area contributed by atoms with Gasteiger partial charge in [0.15, 0.2) is 28.8 Å². The highest BCUT2D eigenvalue weighted by Gasteiger charge is 2.39. The van der Waals surface area contributed by atoms with Gasteiger partial charge in [-0.3, -0.25) is 9.59 Å². The molecule has 41 heavy (non-hydrogen) atoms. The van der Waals surface area contributed by atoms with Crippen molar-refractivity contribution in [1.29, 1.82) is 0 Å². The van der Waals surface area contributed by atoms with Crippen LogP contribution in [0.25, 0.3) is 22.2 Å². The van der Waals surface area contributed by atoms with Gasteiger partial charge in [-0.1, -0.05) is 0 Å². The van der Waals surface area contributed by atoms with E-state index in [0.717, 1.165) is 18.3 Å². The first kappa shape index (κ1) is 29.5. The van der Waals surface area contributed by atoms with Crippen LogP contribution >= 0.6 is 0 Å². The van der Waals surface area contributed by atoms with Crippen molar-refractivity contribution in [3.8, 4) is 17.1 Å². The average Bonchev–Trinajstić information content (AvgIpc) is 2.86. The molecule has 0 unspecified atom stereocenters. The first-order valence-corrected chi connectivity index (χ1v) is 11.4. The van der Waals surface area contributed by atoms with E-state index in [4.69, 9.17) is 4.74 Å². The Morgan fingerprint density at radius 3 is 2.27 bits per heavy atom. The van der Waals surface area contributed by atoms with Crippen LogP contribution in [0.3, 0.4) is 0 Å². The molecule has 0 saturated heterocycles. The Labute approximate surface area is 222 Å². The summed E-state index contributed by atoms with van der Waals surface area (Å²) in [5, 5.41) is 3.88. The number of H-pyrrole nitrogens is 1.